The van der Waals surface area contributed by atoms with Gasteiger partial charge in [0.1, 0.15) is 5.82 Å². The number of likely N-dealkylation sites (tertiary alicyclic amines) is 1. The van der Waals surface area contributed by atoms with Crippen molar-refractivity contribution in [3.8, 4) is 0 Å². The minimum absolute atomic E-state index is 0.0485. The molecule has 1 fully saturated rings. The molecule has 1 saturated heterocycles. The molecule has 0 bridgehead atoms. The van der Waals surface area contributed by atoms with Crippen LogP contribution in [0.3, 0.4) is 0 Å². The van der Waals surface area contributed by atoms with Gasteiger partial charge in [0.15, 0.2) is 0 Å². The van der Waals surface area contributed by atoms with Gasteiger partial charge in [-0.1, -0.05) is 36.7 Å². The molecule has 5 nitrogen and oxygen atoms in total. The first-order valence-corrected chi connectivity index (χ1v) is 9.99. The number of amides is 3. The van der Waals surface area contributed by atoms with Gasteiger partial charge in [0, 0.05) is 35.8 Å². The minimum atomic E-state index is -0.539. The Bertz CT molecular complexity index is 893. The monoisotopic (exact) mass is 417 g/mol. The molecular weight excluding hydrogens is 393 g/mol. The fraction of sp³-hybridized carbons (Fsp3) is 0.364. The van der Waals surface area contributed by atoms with Crippen molar-refractivity contribution in [3.05, 3.63) is 64.4 Å². The van der Waals surface area contributed by atoms with Crippen LogP contribution in [-0.4, -0.2) is 29.9 Å². The molecule has 0 aliphatic carbocycles. The lowest BCUT2D eigenvalue weighted by Gasteiger charge is -2.38. The Labute approximate surface area is 175 Å². The molecule has 1 heterocycles. The number of halogens is 2. The first kappa shape index (κ1) is 21.1. The summed E-state index contributed by atoms with van der Waals surface area (Å²) in [5.41, 5.74) is 1.93. The average molecular weight is 418 g/mol. The molecule has 0 unspecified atom stereocenters. The molecule has 0 aromatic heterocycles. The maximum atomic E-state index is 13.0. The van der Waals surface area contributed by atoms with Crippen LogP contribution in [0.4, 0.5) is 14.9 Å². The second-order valence-electron chi connectivity index (χ2n) is 7.75. The van der Waals surface area contributed by atoms with Crippen LogP contribution in [0.1, 0.15) is 30.9 Å². The van der Waals surface area contributed by atoms with Gasteiger partial charge in [-0.2, -0.15) is 0 Å². The standard InChI is InChI=1S/C22H25ClFN3O2/c1-15-3-6-17(23)13-19(15)26-21(29)27-11-9-22(2,10-12-27)20(28)25-14-16-4-7-18(24)8-5-16/h3-8,13H,9-12,14H2,1-2H3,(H,25,28)(H,26,29). The molecule has 0 spiro atoms. The molecule has 29 heavy (non-hydrogen) atoms. The van der Waals surface area contributed by atoms with Crippen LogP contribution in [0.2, 0.25) is 5.02 Å². The number of urea groups is 1. The Balaban J connectivity index is 1.52. The quantitative estimate of drug-likeness (QED) is 0.754. The first-order chi connectivity index (χ1) is 13.8. The summed E-state index contributed by atoms with van der Waals surface area (Å²) in [4.78, 5) is 27.0. The van der Waals surface area contributed by atoms with Crippen LogP contribution < -0.4 is 10.6 Å². The van der Waals surface area contributed by atoms with E-state index in [1.165, 1.54) is 12.1 Å². The number of carbonyl (C=O) groups excluding carboxylic acids is 2. The number of anilines is 1. The lowest BCUT2D eigenvalue weighted by atomic mass is 9.79. The van der Waals surface area contributed by atoms with Crippen molar-refractivity contribution in [1.29, 1.82) is 0 Å². The molecule has 3 rings (SSSR count). The van der Waals surface area contributed by atoms with Crippen LogP contribution in [0.5, 0.6) is 0 Å². The summed E-state index contributed by atoms with van der Waals surface area (Å²) in [5, 5.41) is 6.40. The topological polar surface area (TPSA) is 61.4 Å². The van der Waals surface area contributed by atoms with Crippen LogP contribution in [0.15, 0.2) is 42.5 Å². The Morgan fingerprint density at radius 1 is 1.14 bits per heavy atom. The molecule has 3 amide bonds. The van der Waals surface area contributed by atoms with Crippen molar-refractivity contribution >= 4 is 29.2 Å². The summed E-state index contributed by atoms with van der Waals surface area (Å²) in [6, 6.07) is 11.2. The molecule has 1 aliphatic heterocycles. The van der Waals surface area contributed by atoms with Crippen LogP contribution in [0, 0.1) is 18.2 Å². The van der Waals surface area contributed by atoms with Gasteiger partial charge in [-0.05, 0) is 55.2 Å². The highest BCUT2D eigenvalue weighted by Crippen LogP contribution is 2.32. The van der Waals surface area contributed by atoms with Gasteiger partial charge in [-0.25, -0.2) is 9.18 Å². The smallest absolute Gasteiger partial charge is 0.321 e. The second-order valence-corrected chi connectivity index (χ2v) is 8.18. The zero-order valence-corrected chi connectivity index (χ0v) is 17.4. The van der Waals surface area contributed by atoms with Crippen molar-refractivity contribution in [2.75, 3.05) is 18.4 Å². The minimum Gasteiger partial charge on any atom is -0.352 e. The number of nitrogens with zero attached hydrogens (tertiary/aromatic N) is 1. The summed E-state index contributed by atoms with van der Waals surface area (Å²) >= 11 is 6.01. The molecule has 0 atom stereocenters. The fourth-order valence-corrected chi connectivity index (χ4v) is 3.52. The summed E-state index contributed by atoms with van der Waals surface area (Å²) < 4.78 is 13.0. The molecule has 0 saturated carbocycles. The largest absolute Gasteiger partial charge is 0.352 e. The van der Waals surface area contributed by atoms with Gasteiger partial charge >= 0.3 is 6.03 Å². The Morgan fingerprint density at radius 3 is 2.45 bits per heavy atom. The van der Waals surface area contributed by atoms with E-state index in [1.807, 2.05) is 19.9 Å². The number of hydrogen-bond donors (Lipinski definition) is 2. The van der Waals surface area contributed by atoms with Crippen LogP contribution in [-0.2, 0) is 11.3 Å². The molecule has 2 aromatic rings. The number of benzene rings is 2. The third-order valence-electron chi connectivity index (χ3n) is 5.51. The third kappa shape index (κ3) is 5.26. The van der Waals surface area contributed by atoms with E-state index in [2.05, 4.69) is 10.6 Å². The molecular formula is C22H25ClFN3O2. The molecule has 2 N–H and O–H groups in total. The maximum Gasteiger partial charge on any atom is 0.321 e. The van der Waals surface area contributed by atoms with Gasteiger partial charge in [0.2, 0.25) is 5.91 Å². The first-order valence-electron chi connectivity index (χ1n) is 9.62. The Morgan fingerprint density at radius 2 is 1.79 bits per heavy atom. The van der Waals surface area contributed by atoms with Crippen molar-refractivity contribution in [2.45, 2.75) is 33.2 Å². The van der Waals surface area contributed by atoms with E-state index in [-0.39, 0.29) is 17.8 Å². The van der Waals surface area contributed by atoms with Crippen LogP contribution >= 0.6 is 11.6 Å². The maximum absolute atomic E-state index is 13.0. The summed E-state index contributed by atoms with van der Waals surface area (Å²) in [6.07, 6.45) is 1.15. The lowest BCUT2D eigenvalue weighted by Crippen LogP contribution is -2.49. The van der Waals surface area contributed by atoms with Crippen molar-refractivity contribution in [2.24, 2.45) is 5.41 Å². The van der Waals surface area contributed by atoms with E-state index in [9.17, 15) is 14.0 Å². The van der Waals surface area contributed by atoms with Gasteiger partial charge in [-0.15, -0.1) is 0 Å². The Hall–Kier alpha value is -2.60. The van der Waals surface area contributed by atoms with Gasteiger partial charge in [0.25, 0.3) is 0 Å². The van der Waals surface area contributed by atoms with Crippen molar-refractivity contribution in [3.63, 3.8) is 0 Å². The number of rotatable bonds is 4. The molecule has 0 radical (unpaired) electrons. The van der Waals surface area contributed by atoms with E-state index in [4.69, 9.17) is 11.6 Å². The summed E-state index contributed by atoms with van der Waals surface area (Å²) in [5.74, 6) is -0.349. The van der Waals surface area contributed by atoms with Crippen LogP contribution in [0.25, 0.3) is 0 Å². The normalized spacial score (nSPS) is 15.7. The van der Waals surface area contributed by atoms with E-state index in [0.29, 0.717) is 43.2 Å². The van der Waals surface area contributed by atoms with E-state index in [1.54, 1.807) is 29.2 Å². The second kappa shape index (κ2) is 8.82. The predicted octanol–water partition coefficient (Wildman–Crippen LogP) is 4.74. The van der Waals surface area contributed by atoms with Gasteiger partial charge in [0.05, 0.1) is 0 Å². The van der Waals surface area contributed by atoms with Gasteiger partial charge in [-0.3, -0.25) is 4.79 Å². The number of aryl methyl sites for hydroxylation is 1. The van der Waals surface area contributed by atoms with E-state index in [0.717, 1.165) is 11.1 Å². The fourth-order valence-electron chi connectivity index (χ4n) is 3.35. The lowest BCUT2D eigenvalue weighted by molar-refractivity contribution is -0.132. The average Bonchev–Trinajstić information content (AvgIpc) is 2.70. The number of carbonyl (C=O) groups is 2. The van der Waals surface area contributed by atoms with E-state index < -0.39 is 5.41 Å². The summed E-state index contributed by atoms with van der Waals surface area (Å²) in [6.45, 7) is 5.17. The highest BCUT2D eigenvalue weighted by atomic mass is 35.5. The molecule has 7 heteroatoms. The highest BCUT2D eigenvalue weighted by Gasteiger charge is 2.38. The zero-order valence-electron chi connectivity index (χ0n) is 16.6. The van der Waals surface area contributed by atoms with E-state index >= 15 is 0 Å². The molecule has 1 aliphatic rings. The van der Waals surface area contributed by atoms with Crippen molar-refractivity contribution < 1.29 is 14.0 Å². The third-order valence-corrected chi connectivity index (χ3v) is 5.75. The number of hydrogen-bond acceptors (Lipinski definition) is 2. The number of piperidine rings is 1. The Kier molecular flexibility index (Phi) is 6.42. The molecule has 154 valence electrons. The van der Waals surface area contributed by atoms with Gasteiger partial charge < -0.3 is 15.5 Å². The zero-order chi connectivity index (χ0) is 21.0. The summed E-state index contributed by atoms with van der Waals surface area (Å²) in [7, 11) is 0. The predicted molar refractivity (Wildman–Crippen MR) is 112 cm³/mol. The molecule has 2 aromatic carbocycles. The number of nitrogens with one attached hydrogen (secondary N) is 2. The van der Waals surface area contributed by atoms with Crippen molar-refractivity contribution in [1.82, 2.24) is 10.2 Å². The highest BCUT2D eigenvalue weighted by molar-refractivity contribution is 6.31. The SMILES string of the molecule is Cc1ccc(Cl)cc1NC(=O)N1CCC(C)(C(=O)NCc2ccc(F)cc2)CC1.